The third kappa shape index (κ3) is 5.00. The maximum Gasteiger partial charge on any atom is 0.295 e. The van der Waals surface area contributed by atoms with Crippen LogP contribution in [0.5, 0.6) is 5.88 Å². The first kappa shape index (κ1) is 25.8. The zero-order valence-electron chi connectivity index (χ0n) is 21.8. The second kappa shape index (κ2) is 10.9. The van der Waals surface area contributed by atoms with E-state index in [0.717, 1.165) is 30.5 Å². The van der Waals surface area contributed by atoms with E-state index in [1.165, 1.54) is 6.33 Å². The molecule has 0 amide bonds. The first-order valence-electron chi connectivity index (χ1n) is 12.7. The Hall–Kier alpha value is -3.80. The molecule has 0 aromatic carbocycles. The third-order valence-corrected chi connectivity index (χ3v) is 7.87. The van der Waals surface area contributed by atoms with Crippen LogP contribution in [-0.4, -0.2) is 51.5 Å². The molecule has 4 aromatic heterocycles. The first-order valence-corrected chi connectivity index (χ1v) is 14.0. The van der Waals surface area contributed by atoms with Crippen molar-refractivity contribution in [2.24, 2.45) is 0 Å². The van der Waals surface area contributed by atoms with E-state index in [4.69, 9.17) is 9.72 Å². The molecule has 0 saturated heterocycles. The Kier molecular flexibility index (Phi) is 7.41. The molecule has 198 valence electrons. The van der Waals surface area contributed by atoms with Crippen LogP contribution in [0.3, 0.4) is 0 Å². The summed E-state index contributed by atoms with van der Waals surface area (Å²) in [6.07, 6.45) is 7.60. The van der Waals surface area contributed by atoms with Gasteiger partial charge >= 0.3 is 0 Å². The number of ether oxygens (including phenoxy) is 1. The van der Waals surface area contributed by atoms with Crippen molar-refractivity contribution in [3.63, 3.8) is 0 Å². The highest BCUT2D eigenvalue weighted by molar-refractivity contribution is 7.84. The van der Waals surface area contributed by atoms with Crippen molar-refractivity contribution in [3.05, 3.63) is 52.5 Å². The number of nitrogens with one attached hydrogen (secondary N) is 1. The standard InChI is InChI=1S/C26H30N8O3S/c1-5-15(3)34-24-18(13-29-22(33-24)20-21(17-8-9-17)30-14-31-25(20)37-4)32-23(26(34)35)28-12-16-7-10-19(27-11-16)38(36)6-2/h7,10-11,13-15,17H,5-6,8-9,12H2,1-4H3,(H,28,32). The van der Waals surface area contributed by atoms with Gasteiger partial charge in [-0.2, -0.15) is 0 Å². The SMILES string of the molecule is CCC(C)n1c(=O)c(NCc2ccc(S(=O)CC)nc2)nc2cnc(-c3c(OC)ncnc3C3CC3)nc21. The van der Waals surface area contributed by atoms with Crippen molar-refractivity contribution in [2.45, 2.75) is 63.6 Å². The molecule has 38 heavy (non-hydrogen) atoms. The van der Waals surface area contributed by atoms with Crippen LogP contribution in [0.15, 0.2) is 40.7 Å². The van der Waals surface area contributed by atoms with Gasteiger partial charge in [0, 0.05) is 30.5 Å². The van der Waals surface area contributed by atoms with Crippen molar-refractivity contribution >= 4 is 27.8 Å². The number of pyridine rings is 1. The summed E-state index contributed by atoms with van der Waals surface area (Å²) < 4.78 is 19.1. The van der Waals surface area contributed by atoms with Gasteiger partial charge in [-0.3, -0.25) is 13.6 Å². The monoisotopic (exact) mass is 534 g/mol. The van der Waals surface area contributed by atoms with Crippen LogP contribution in [0.25, 0.3) is 22.6 Å². The molecule has 4 heterocycles. The number of methoxy groups -OCH3 is 1. The van der Waals surface area contributed by atoms with Gasteiger partial charge in [0.2, 0.25) is 5.88 Å². The second-order valence-corrected chi connectivity index (χ2v) is 10.9. The van der Waals surface area contributed by atoms with Crippen LogP contribution in [0.2, 0.25) is 0 Å². The fraction of sp³-hybridized carbons (Fsp3) is 0.423. The number of anilines is 1. The molecule has 1 N–H and O–H groups in total. The normalized spacial score (nSPS) is 14.8. The van der Waals surface area contributed by atoms with Crippen LogP contribution < -0.4 is 15.6 Å². The highest BCUT2D eigenvalue weighted by Gasteiger charge is 2.31. The highest BCUT2D eigenvalue weighted by Crippen LogP contribution is 2.44. The number of fused-ring (bicyclic) bond motifs is 1. The molecule has 1 aliphatic carbocycles. The summed E-state index contributed by atoms with van der Waals surface area (Å²) in [4.78, 5) is 40.6. The van der Waals surface area contributed by atoms with Gasteiger partial charge in [-0.25, -0.2) is 29.9 Å². The average molecular weight is 535 g/mol. The Morgan fingerprint density at radius 3 is 2.61 bits per heavy atom. The third-order valence-electron chi connectivity index (χ3n) is 6.64. The molecule has 0 bridgehead atoms. The number of rotatable bonds is 10. The Balaban J connectivity index is 1.54. The van der Waals surface area contributed by atoms with Crippen molar-refractivity contribution in [2.75, 3.05) is 18.2 Å². The van der Waals surface area contributed by atoms with Crippen molar-refractivity contribution in [1.82, 2.24) is 34.5 Å². The van der Waals surface area contributed by atoms with Crippen LogP contribution in [-0.2, 0) is 17.3 Å². The predicted molar refractivity (Wildman–Crippen MR) is 145 cm³/mol. The van der Waals surface area contributed by atoms with E-state index in [2.05, 4.69) is 30.2 Å². The lowest BCUT2D eigenvalue weighted by Gasteiger charge is -2.18. The maximum atomic E-state index is 13.6. The van der Waals surface area contributed by atoms with Crippen LogP contribution in [0.4, 0.5) is 5.82 Å². The van der Waals surface area contributed by atoms with Gasteiger partial charge in [0.1, 0.15) is 22.4 Å². The van der Waals surface area contributed by atoms with E-state index in [-0.39, 0.29) is 17.4 Å². The van der Waals surface area contributed by atoms with Crippen molar-refractivity contribution in [1.29, 1.82) is 0 Å². The van der Waals surface area contributed by atoms with Gasteiger partial charge in [-0.05, 0) is 37.8 Å². The van der Waals surface area contributed by atoms with Crippen molar-refractivity contribution in [3.8, 4) is 17.3 Å². The van der Waals surface area contributed by atoms with E-state index in [9.17, 15) is 9.00 Å². The fourth-order valence-electron chi connectivity index (χ4n) is 4.23. The van der Waals surface area contributed by atoms with E-state index in [1.54, 1.807) is 30.1 Å². The molecule has 0 spiro atoms. The van der Waals surface area contributed by atoms with Gasteiger partial charge in [-0.15, -0.1) is 0 Å². The largest absolute Gasteiger partial charge is 0.480 e. The Morgan fingerprint density at radius 2 is 1.95 bits per heavy atom. The highest BCUT2D eigenvalue weighted by atomic mass is 32.2. The molecule has 0 aliphatic heterocycles. The number of nitrogens with zero attached hydrogens (tertiary/aromatic N) is 7. The molecule has 1 saturated carbocycles. The summed E-state index contributed by atoms with van der Waals surface area (Å²) in [6.45, 7) is 6.18. The minimum atomic E-state index is -1.11. The van der Waals surface area contributed by atoms with Crippen LogP contribution >= 0.6 is 0 Å². The summed E-state index contributed by atoms with van der Waals surface area (Å²) in [7, 11) is 0.447. The molecule has 11 nitrogen and oxygen atoms in total. The average Bonchev–Trinajstić information content (AvgIpc) is 3.80. The summed E-state index contributed by atoms with van der Waals surface area (Å²) in [5, 5.41) is 3.68. The smallest absolute Gasteiger partial charge is 0.295 e. The molecular weight excluding hydrogens is 504 g/mol. The number of hydrogen-bond donors (Lipinski definition) is 1. The summed E-state index contributed by atoms with van der Waals surface area (Å²) in [5.41, 5.74) is 3.03. The van der Waals surface area contributed by atoms with Crippen LogP contribution in [0, 0.1) is 0 Å². The predicted octanol–water partition coefficient (Wildman–Crippen LogP) is 3.64. The zero-order valence-corrected chi connectivity index (χ0v) is 22.7. The molecule has 2 unspecified atom stereocenters. The zero-order chi connectivity index (χ0) is 26.8. The van der Waals surface area contributed by atoms with Gasteiger partial charge in [0.25, 0.3) is 5.56 Å². The fourth-order valence-corrected chi connectivity index (χ4v) is 4.91. The molecule has 1 fully saturated rings. The van der Waals surface area contributed by atoms with Gasteiger partial charge in [0.15, 0.2) is 17.3 Å². The molecule has 4 aromatic rings. The summed E-state index contributed by atoms with van der Waals surface area (Å²) in [5.74, 6) is 1.86. The molecule has 1 aliphatic rings. The van der Waals surface area contributed by atoms with Crippen LogP contribution in [0.1, 0.15) is 63.3 Å². The minimum absolute atomic E-state index is 0.127. The summed E-state index contributed by atoms with van der Waals surface area (Å²) >= 11 is 0. The second-order valence-electron chi connectivity index (χ2n) is 9.21. The number of hydrogen-bond acceptors (Lipinski definition) is 10. The lowest BCUT2D eigenvalue weighted by atomic mass is 10.1. The summed E-state index contributed by atoms with van der Waals surface area (Å²) in [6, 6.07) is 3.46. The molecule has 12 heteroatoms. The van der Waals surface area contributed by atoms with Gasteiger partial charge in [-0.1, -0.05) is 19.9 Å². The Bertz CT molecular complexity index is 1550. The number of aromatic nitrogens is 7. The van der Waals surface area contributed by atoms with Crippen molar-refractivity contribution < 1.29 is 8.95 Å². The van der Waals surface area contributed by atoms with E-state index in [1.807, 2.05) is 26.8 Å². The first-order chi connectivity index (χ1) is 18.4. The van der Waals surface area contributed by atoms with Gasteiger partial charge < -0.3 is 10.1 Å². The van der Waals surface area contributed by atoms with E-state index >= 15 is 0 Å². The lowest BCUT2D eigenvalue weighted by Crippen LogP contribution is -2.28. The molecular formula is C26H30N8O3S. The Labute approximate surface area is 222 Å². The van der Waals surface area contributed by atoms with Gasteiger partial charge in [0.05, 0.1) is 29.8 Å². The molecule has 0 radical (unpaired) electrons. The molecule has 5 rings (SSSR count). The lowest BCUT2D eigenvalue weighted by molar-refractivity contribution is 0.397. The van der Waals surface area contributed by atoms with E-state index in [0.29, 0.717) is 51.7 Å². The maximum absolute atomic E-state index is 13.6. The Morgan fingerprint density at radius 1 is 1.13 bits per heavy atom. The van der Waals surface area contributed by atoms with E-state index < -0.39 is 10.8 Å². The quantitative estimate of drug-likeness (QED) is 0.321. The molecule has 2 atom stereocenters. The minimum Gasteiger partial charge on any atom is -0.480 e. The topological polar surface area (TPSA) is 138 Å².